The Hall–Kier alpha value is -0.0400. The standard InChI is InChI=1S/C29H61N/c1-5-7-9-11-13-15-16-17-18-20-22-24-26-28-29(30(3)4)27-25-23-21-19-14-12-10-8-6-2/h29H,5-28H2,1-4H3. The fourth-order valence-electron chi connectivity index (χ4n) is 4.75. The Bertz CT molecular complexity index is 299. The van der Waals surface area contributed by atoms with Crippen LogP contribution in [0.3, 0.4) is 0 Å². The number of hydrogen-bond acceptors (Lipinski definition) is 1. The number of unbranched alkanes of at least 4 members (excludes halogenated alkanes) is 20. The van der Waals surface area contributed by atoms with Gasteiger partial charge in [-0.05, 0) is 26.9 Å². The van der Waals surface area contributed by atoms with Gasteiger partial charge in [0.2, 0.25) is 0 Å². The normalized spacial score (nSPS) is 12.7. The van der Waals surface area contributed by atoms with E-state index in [0.29, 0.717) is 0 Å². The average Bonchev–Trinajstić information content (AvgIpc) is 2.74. The Morgan fingerprint density at radius 2 is 0.600 bits per heavy atom. The molecule has 0 saturated carbocycles. The van der Waals surface area contributed by atoms with Gasteiger partial charge < -0.3 is 4.90 Å². The molecule has 0 heterocycles. The van der Waals surface area contributed by atoms with Crippen LogP contribution < -0.4 is 0 Å². The number of hydrogen-bond donors (Lipinski definition) is 0. The summed E-state index contributed by atoms with van der Waals surface area (Å²) in [5.41, 5.74) is 0. The average molecular weight is 424 g/mol. The molecule has 0 saturated heterocycles. The second kappa shape index (κ2) is 25.2. The summed E-state index contributed by atoms with van der Waals surface area (Å²) < 4.78 is 0. The second-order valence-corrected chi connectivity index (χ2v) is 10.3. The molecule has 0 aromatic rings. The molecule has 0 radical (unpaired) electrons. The van der Waals surface area contributed by atoms with Crippen LogP contribution in [0.2, 0.25) is 0 Å². The van der Waals surface area contributed by atoms with Crippen molar-refractivity contribution in [2.75, 3.05) is 14.1 Å². The van der Waals surface area contributed by atoms with Gasteiger partial charge in [0.15, 0.2) is 0 Å². The van der Waals surface area contributed by atoms with Crippen molar-refractivity contribution in [1.82, 2.24) is 4.90 Å². The highest BCUT2D eigenvalue weighted by atomic mass is 15.1. The molecule has 0 fully saturated rings. The van der Waals surface area contributed by atoms with Gasteiger partial charge in [0.05, 0.1) is 0 Å². The van der Waals surface area contributed by atoms with Crippen LogP contribution in [-0.4, -0.2) is 25.0 Å². The Labute approximate surface area is 193 Å². The summed E-state index contributed by atoms with van der Waals surface area (Å²) in [7, 11) is 4.58. The minimum absolute atomic E-state index is 0.822. The van der Waals surface area contributed by atoms with Crippen LogP contribution >= 0.6 is 0 Å². The first-order valence-corrected chi connectivity index (χ1v) is 14.4. The highest BCUT2D eigenvalue weighted by Gasteiger charge is 2.10. The van der Waals surface area contributed by atoms with E-state index in [1.54, 1.807) is 0 Å². The van der Waals surface area contributed by atoms with E-state index < -0.39 is 0 Å². The summed E-state index contributed by atoms with van der Waals surface area (Å²) in [6.45, 7) is 4.61. The van der Waals surface area contributed by atoms with Gasteiger partial charge in [-0.3, -0.25) is 0 Å². The molecule has 1 unspecified atom stereocenters. The van der Waals surface area contributed by atoms with Crippen LogP contribution in [0.4, 0.5) is 0 Å². The second-order valence-electron chi connectivity index (χ2n) is 10.3. The third-order valence-electron chi connectivity index (χ3n) is 7.01. The van der Waals surface area contributed by atoms with Crippen molar-refractivity contribution in [1.29, 1.82) is 0 Å². The van der Waals surface area contributed by atoms with Crippen LogP contribution in [0, 0.1) is 0 Å². The van der Waals surface area contributed by atoms with Crippen LogP contribution in [0.1, 0.15) is 168 Å². The summed E-state index contributed by atoms with van der Waals surface area (Å²) in [6.07, 6.45) is 34.8. The van der Waals surface area contributed by atoms with Crippen LogP contribution in [-0.2, 0) is 0 Å². The van der Waals surface area contributed by atoms with E-state index in [1.165, 1.54) is 154 Å². The predicted molar refractivity (Wildman–Crippen MR) is 140 cm³/mol. The molecule has 0 aliphatic rings. The van der Waals surface area contributed by atoms with E-state index in [9.17, 15) is 0 Å². The molecule has 0 aromatic heterocycles. The highest BCUT2D eigenvalue weighted by molar-refractivity contribution is 4.67. The van der Waals surface area contributed by atoms with Crippen LogP contribution in [0.25, 0.3) is 0 Å². The Morgan fingerprint density at radius 1 is 0.367 bits per heavy atom. The Balaban J connectivity index is 3.41. The van der Waals surface area contributed by atoms with Crippen molar-refractivity contribution in [2.45, 2.75) is 174 Å². The van der Waals surface area contributed by atoms with E-state index in [2.05, 4.69) is 32.8 Å². The lowest BCUT2D eigenvalue weighted by Crippen LogP contribution is -2.27. The number of rotatable bonds is 25. The lowest BCUT2D eigenvalue weighted by atomic mass is 9.99. The minimum Gasteiger partial charge on any atom is -0.306 e. The molecule has 0 spiro atoms. The first-order valence-electron chi connectivity index (χ1n) is 14.4. The van der Waals surface area contributed by atoms with Crippen molar-refractivity contribution in [3.8, 4) is 0 Å². The van der Waals surface area contributed by atoms with Gasteiger partial charge >= 0.3 is 0 Å². The number of nitrogens with zero attached hydrogens (tertiary/aromatic N) is 1. The summed E-state index contributed by atoms with van der Waals surface area (Å²) in [5.74, 6) is 0. The lowest BCUT2D eigenvalue weighted by molar-refractivity contribution is 0.251. The molecule has 0 aliphatic heterocycles. The maximum absolute atomic E-state index is 2.49. The monoisotopic (exact) mass is 423 g/mol. The largest absolute Gasteiger partial charge is 0.306 e. The van der Waals surface area contributed by atoms with Gasteiger partial charge in [0.25, 0.3) is 0 Å². The molecule has 30 heavy (non-hydrogen) atoms. The molecule has 0 N–H and O–H groups in total. The predicted octanol–water partition coefficient (Wildman–Crippen LogP) is 10.3. The van der Waals surface area contributed by atoms with Gasteiger partial charge in [0, 0.05) is 6.04 Å². The van der Waals surface area contributed by atoms with Gasteiger partial charge in [-0.25, -0.2) is 0 Å². The summed E-state index contributed by atoms with van der Waals surface area (Å²) in [6, 6.07) is 0.822. The third kappa shape index (κ3) is 22.6. The van der Waals surface area contributed by atoms with Crippen molar-refractivity contribution >= 4 is 0 Å². The third-order valence-corrected chi connectivity index (χ3v) is 7.01. The van der Waals surface area contributed by atoms with Crippen molar-refractivity contribution in [2.24, 2.45) is 0 Å². The SMILES string of the molecule is CCCCCCCCCCCCCCCC(CCCCCCCCCCC)N(C)C. The Morgan fingerprint density at radius 3 is 0.833 bits per heavy atom. The zero-order valence-electron chi connectivity index (χ0n) is 22.0. The molecule has 0 rings (SSSR count). The lowest BCUT2D eigenvalue weighted by Gasteiger charge is -2.24. The smallest absolute Gasteiger partial charge is 0.00891 e. The maximum atomic E-state index is 2.49. The minimum atomic E-state index is 0.822. The summed E-state index contributed by atoms with van der Waals surface area (Å²) in [5, 5.41) is 0. The molecule has 1 nitrogen and oxygen atoms in total. The van der Waals surface area contributed by atoms with E-state index in [4.69, 9.17) is 0 Å². The van der Waals surface area contributed by atoms with E-state index >= 15 is 0 Å². The summed E-state index contributed by atoms with van der Waals surface area (Å²) >= 11 is 0. The quantitative estimate of drug-likeness (QED) is 0.132. The van der Waals surface area contributed by atoms with Gasteiger partial charge in [0.1, 0.15) is 0 Å². The molecule has 0 bridgehead atoms. The Kier molecular flexibility index (Phi) is 25.2. The van der Waals surface area contributed by atoms with Crippen LogP contribution in [0.5, 0.6) is 0 Å². The molecule has 0 aliphatic carbocycles. The van der Waals surface area contributed by atoms with Crippen molar-refractivity contribution in [3.63, 3.8) is 0 Å². The molecule has 182 valence electrons. The maximum Gasteiger partial charge on any atom is 0.00891 e. The van der Waals surface area contributed by atoms with Crippen molar-refractivity contribution in [3.05, 3.63) is 0 Å². The van der Waals surface area contributed by atoms with Gasteiger partial charge in [-0.1, -0.05) is 155 Å². The zero-order valence-corrected chi connectivity index (χ0v) is 22.0. The molecular weight excluding hydrogens is 362 g/mol. The van der Waals surface area contributed by atoms with Gasteiger partial charge in [-0.15, -0.1) is 0 Å². The molecule has 1 atom stereocenters. The van der Waals surface area contributed by atoms with Crippen molar-refractivity contribution < 1.29 is 0 Å². The topological polar surface area (TPSA) is 3.24 Å². The zero-order chi connectivity index (χ0) is 22.1. The fraction of sp³-hybridized carbons (Fsp3) is 1.00. The first-order chi connectivity index (χ1) is 14.7. The summed E-state index contributed by atoms with van der Waals surface area (Å²) in [4.78, 5) is 2.49. The van der Waals surface area contributed by atoms with Gasteiger partial charge in [-0.2, -0.15) is 0 Å². The van der Waals surface area contributed by atoms with E-state index in [0.717, 1.165) is 6.04 Å². The fourth-order valence-corrected chi connectivity index (χ4v) is 4.75. The molecule has 1 heteroatoms. The highest BCUT2D eigenvalue weighted by Crippen LogP contribution is 2.18. The molecular formula is C29H61N. The first kappa shape index (κ1) is 30.0. The van der Waals surface area contributed by atoms with Crippen LogP contribution in [0.15, 0.2) is 0 Å². The molecule has 0 amide bonds. The van der Waals surface area contributed by atoms with E-state index in [-0.39, 0.29) is 0 Å². The van der Waals surface area contributed by atoms with E-state index in [1.807, 2.05) is 0 Å². The molecule has 0 aromatic carbocycles.